The summed E-state index contributed by atoms with van der Waals surface area (Å²) >= 11 is 0. The van der Waals surface area contributed by atoms with Gasteiger partial charge in [0.2, 0.25) is 5.91 Å². The summed E-state index contributed by atoms with van der Waals surface area (Å²) in [5.74, 6) is 1.12. The number of hydrogen-bond donors (Lipinski definition) is 0. The third kappa shape index (κ3) is 4.96. The van der Waals surface area contributed by atoms with E-state index in [2.05, 4.69) is 37.8 Å². The number of hydrogen-bond acceptors (Lipinski definition) is 3. The maximum absolute atomic E-state index is 12.5. The summed E-state index contributed by atoms with van der Waals surface area (Å²) in [7, 11) is 0. The van der Waals surface area contributed by atoms with Gasteiger partial charge in [-0.05, 0) is 65.3 Å². The molecule has 1 atom stereocenters. The molecule has 0 aliphatic carbocycles. The van der Waals surface area contributed by atoms with Crippen molar-refractivity contribution in [1.82, 2.24) is 9.80 Å². The molecule has 1 aromatic carbocycles. The zero-order valence-corrected chi connectivity index (χ0v) is 15.0. The molecule has 0 spiro atoms. The van der Waals surface area contributed by atoms with Crippen LogP contribution in [0, 0.1) is 13.8 Å². The fourth-order valence-electron chi connectivity index (χ4n) is 3.22. The van der Waals surface area contributed by atoms with Gasteiger partial charge >= 0.3 is 0 Å². The minimum absolute atomic E-state index is 0.0795. The summed E-state index contributed by atoms with van der Waals surface area (Å²) in [6.45, 7) is 12.1. The van der Waals surface area contributed by atoms with E-state index in [1.807, 2.05) is 17.9 Å². The third-order valence-electron chi connectivity index (χ3n) is 4.56. The predicted molar refractivity (Wildman–Crippen MR) is 93.9 cm³/mol. The van der Waals surface area contributed by atoms with Crippen LogP contribution in [-0.4, -0.2) is 54.5 Å². The molecule has 0 aromatic heterocycles. The number of likely N-dealkylation sites (N-methyl/N-ethyl adjacent to an activating group) is 1. The van der Waals surface area contributed by atoms with Crippen molar-refractivity contribution in [2.24, 2.45) is 0 Å². The van der Waals surface area contributed by atoms with Crippen molar-refractivity contribution in [3.8, 4) is 5.75 Å². The van der Waals surface area contributed by atoms with Crippen molar-refractivity contribution in [3.05, 3.63) is 29.3 Å². The van der Waals surface area contributed by atoms with Crippen LogP contribution in [0.15, 0.2) is 18.2 Å². The number of nitrogens with zero attached hydrogens (tertiary/aromatic N) is 2. The molecule has 0 bridgehead atoms. The molecular weight excluding hydrogens is 288 g/mol. The number of benzene rings is 1. The van der Waals surface area contributed by atoms with E-state index >= 15 is 0 Å². The fraction of sp³-hybridized carbons (Fsp3) is 0.632. The molecule has 128 valence electrons. The first-order valence-corrected chi connectivity index (χ1v) is 8.73. The quantitative estimate of drug-likeness (QED) is 0.775. The van der Waals surface area contributed by atoms with Crippen molar-refractivity contribution >= 4 is 5.91 Å². The Morgan fingerprint density at radius 2 is 2.00 bits per heavy atom. The zero-order valence-electron chi connectivity index (χ0n) is 15.0. The number of aryl methyl sites for hydroxylation is 2. The monoisotopic (exact) mass is 318 g/mol. The lowest BCUT2D eigenvalue weighted by molar-refractivity contribution is -0.134. The lowest BCUT2D eigenvalue weighted by Gasteiger charge is -2.30. The Morgan fingerprint density at radius 3 is 2.61 bits per heavy atom. The lowest BCUT2D eigenvalue weighted by atomic mass is 10.1. The molecule has 1 saturated heterocycles. The van der Waals surface area contributed by atoms with Gasteiger partial charge in [0, 0.05) is 6.54 Å². The highest BCUT2D eigenvalue weighted by atomic mass is 16.5. The van der Waals surface area contributed by atoms with Gasteiger partial charge in [0.05, 0.1) is 12.6 Å². The summed E-state index contributed by atoms with van der Waals surface area (Å²) in [6.07, 6.45) is 2.43. The second kappa shape index (κ2) is 8.34. The molecule has 4 nitrogen and oxygen atoms in total. The van der Waals surface area contributed by atoms with Gasteiger partial charge < -0.3 is 9.64 Å². The van der Waals surface area contributed by atoms with Crippen LogP contribution in [0.5, 0.6) is 5.75 Å². The normalized spacial score (nSPS) is 16.3. The highest BCUT2D eigenvalue weighted by Gasteiger charge is 2.23. The van der Waals surface area contributed by atoms with E-state index in [1.165, 1.54) is 18.4 Å². The smallest absolute Gasteiger partial charge is 0.237 e. The Hall–Kier alpha value is -1.55. The Kier molecular flexibility index (Phi) is 6.46. The van der Waals surface area contributed by atoms with Crippen molar-refractivity contribution in [2.45, 2.75) is 46.6 Å². The molecule has 4 heteroatoms. The summed E-state index contributed by atoms with van der Waals surface area (Å²) in [6, 6.07) is 6.27. The van der Waals surface area contributed by atoms with Gasteiger partial charge in [0.25, 0.3) is 0 Å². The maximum atomic E-state index is 12.5. The molecule has 1 aliphatic rings. The van der Waals surface area contributed by atoms with Gasteiger partial charge in [0.1, 0.15) is 12.4 Å². The number of carbonyl (C=O) groups is 1. The van der Waals surface area contributed by atoms with Crippen molar-refractivity contribution < 1.29 is 9.53 Å². The molecule has 1 amide bonds. The molecule has 0 saturated carbocycles. The SMILES string of the molecule is CCN(C(=O)CN1CCCC1)C(C)COc1ccc(C)cc1C. The van der Waals surface area contributed by atoms with E-state index < -0.39 is 0 Å². The number of likely N-dealkylation sites (tertiary alicyclic amines) is 1. The van der Waals surface area contributed by atoms with Gasteiger partial charge in [0.15, 0.2) is 0 Å². The number of carbonyl (C=O) groups excluding carboxylic acids is 1. The van der Waals surface area contributed by atoms with Gasteiger partial charge in [-0.3, -0.25) is 9.69 Å². The first-order valence-electron chi connectivity index (χ1n) is 8.73. The van der Waals surface area contributed by atoms with Crippen LogP contribution in [0.3, 0.4) is 0 Å². The van der Waals surface area contributed by atoms with Crippen LogP contribution in [0.2, 0.25) is 0 Å². The van der Waals surface area contributed by atoms with Gasteiger partial charge in [-0.15, -0.1) is 0 Å². The summed E-state index contributed by atoms with van der Waals surface area (Å²) < 4.78 is 5.95. The molecule has 1 fully saturated rings. The largest absolute Gasteiger partial charge is 0.491 e. The van der Waals surface area contributed by atoms with Crippen molar-refractivity contribution in [2.75, 3.05) is 32.8 Å². The third-order valence-corrected chi connectivity index (χ3v) is 4.56. The first kappa shape index (κ1) is 17.8. The van der Waals surface area contributed by atoms with E-state index in [0.717, 1.165) is 30.9 Å². The van der Waals surface area contributed by atoms with E-state index in [-0.39, 0.29) is 11.9 Å². The summed E-state index contributed by atoms with van der Waals surface area (Å²) in [4.78, 5) is 16.7. The minimum atomic E-state index is 0.0795. The van der Waals surface area contributed by atoms with Crippen LogP contribution in [0.25, 0.3) is 0 Å². The minimum Gasteiger partial charge on any atom is -0.491 e. The molecule has 0 N–H and O–H groups in total. The van der Waals surface area contributed by atoms with Gasteiger partial charge in [-0.1, -0.05) is 17.7 Å². The Bertz CT molecular complexity index is 524. The van der Waals surface area contributed by atoms with Crippen LogP contribution in [0.1, 0.15) is 37.8 Å². The average Bonchev–Trinajstić information content (AvgIpc) is 3.00. The van der Waals surface area contributed by atoms with Crippen LogP contribution < -0.4 is 4.74 Å². The van der Waals surface area contributed by atoms with Gasteiger partial charge in [-0.2, -0.15) is 0 Å². The number of rotatable bonds is 7. The van der Waals surface area contributed by atoms with Crippen LogP contribution in [0.4, 0.5) is 0 Å². The van der Waals surface area contributed by atoms with Crippen molar-refractivity contribution in [1.29, 1.82) is 0 Å². The molecule has 23 heavy (non-hydrogen) atoms. The fourth-order valence-corrected chi connectivity index (χ4v) is 3.22. The maximum Gasteiger partial charge on any atom is 0.237 e. The summed E-state index contributed by atoms with van der Waals surface area (Å²) in [5.41, 5.74) is 2.38. The first-order chi connectivity index (χ1) is 11.0. The molecular formula is C19H30N2O2. The van der Waals surface area contributed by atoms with E-state index in [1.54, 1.807) is 0 Å². The number of ether oxygens (including phenoxy) is 1. The number of amides is 1. The van der Waals surface area contributed by atoms with Crippen LogP contribution >= 0.6 is 0 Å². The van der Waals surface area contributed by atoms with E-state index in [4.69, 9.17) is 4.74 Å². The van der Waals surface area contributed by atoms with Crippen molar-refractivity contribution in [3.63, 3.8) is 0 Å². The summed E-state index contributed by atoms with van der Waals surface area (Å²) in [5, 5.41) is 0. The molecule has 1 aliphatic heterocycles. The van der Waals surface area contributed by atoms with Crippen LogP contribution in [-0.2, 0) is 4.79 Å². The second-order valence-corrected chi connectivity index (χ2v) is 6.59. The Balaban J connectivity index is 1.88. The molecule has 1 unspecified atom stereocenters. The Labute approximate surface area is 140 Å². The average molecular weight is 318 g/mol. The second-order valence-electron chi connectivity index (χ2n) is 6.59. The molecule has 1 heterocycles. The highest BCUT2D eigenvalue weighted by molar-refractivity contribution is 5.78. The molecule has 1 aromatic rings. The zero-order chi connectivity index (χ0) is 16.8. The van der Waals surface area contributed by atoms with E-state index in [9.17, 15) is 4.79 Å². The topological polar surface area (TPSA) is 32.8 Å². The lowest BCUT2D eigenvalue weighted by Crippen LogP contribution is -2.46. The van der Waals surface area contributed by atoms with Gasteiger partial charge in [-0.25, -0.2) is 0 Å². The molecule has 0 radical (unpaired) electrons. The van der Waals surface area contributed by atoms with E-state index in [0.29, 0.717) is 13.2 Å². The standard InChI is InChI=1S/C19H30N2O2/c1-5-21(19(22)13-20-10-6-7-11-20)17(4)14-23-18-9-8-15(2)12-16(18)3/h8-9,12,17H,5-7,10-11,13-14H2,1-4H3. The Morgan fingerprint density at radius 1 is 1.30 bits per heavy atom. The molecule has 2 rings (SSSR count). The predicted octanol–water partition coefficient (Wildman–Crippen LogP) is 3.02. The highest BCUT2D eigenvalue weighted by Crippen LogP contribution is 2.19.